The van der Waals surface area contributed by atoms with Gasteiger partial charge in [-0.05, 0) is 19.1 Å². The van der Waals surface area contributed by atoms with E-state index < -0.39 is 0 Å². The summed E-state index contributed by atoms with van der Waals surface area (Å²) in [5.74, 6) is 0.809. The first-order chi connectivity index (χ1) is 5.74. The lowest BCUT2D eigenvalue weighted by Gasteiger charge is -2.13. The highest BCUT2D eigenvalue weighted by Crippen LogP contribution is 2.18. The van der Waals surface area contributed by atoms with E-state index in [-0.39, 0.29) is 0 Å². The van der Waals surface area contributed by atoms with Gasteiger partial charge in [0, 0.05) is 31.9 Å². The average molecular weight is 164 g/mol. The van der Waals surface area contributed by atoms with Gasteiger partial charge in [-0.15, -0.1) is 0 Å². The van der Waals surface area contributed by atoms with Gasteiger partial charge in [-0.1, -0.05) is 0 Å². The highest BCUT2D eigenvalue weighted by atomic mass is 16.5. The first kappa shape index (κ1) is 8.91. The monoisotopic (exact) mass is 164 g/mol. The third-order valence-electron chi connectivity index (χ3n) is 1.57. The molecule has 1 rings (SSSR count). The van der Waals surface area contributed by atoms with Gasteiger partial charge in [0.2, 0.25) is 0 Å². The molecule has 2 heteroatoms. The van der Waals surface area contributed by atoms with Crippen LogP contribution in [0, 0.1) is 6.07 Å². The molecule has 1 aromatic carbocycles. The van der Waals surface area contributed by atoms with Gasteiger partial charge < -0.3 is 9.64 Å². The SMILES string of the molecule is CCOc1[c]ccc(N(C)C)c1. The van der Waals surface area contributed by atoms with Gasteiger partial charge >= 0.3 is 0 Å². The molecule has 0 heterocycles. The van der Waals surface area contributed by atoms with Crippen molar-refractivity contribution in [2.75, 3.05) is 25.6 Å². The van der Waals surface area contributed by atoms with Gasteiger partial charge in [0.15, 0.2) is 0 Å². The van der Waals surface area contributed by atoms with Crippen molar-refractivity contribution < 1.29 is 4.74 Å². The second kappa shape index (κ2) is 4.00. The van der Waals surface area contributed by atoms with Crippen LogP contribution >= 0.6 is 0 Å². The summed E-state index contributed by atoms with van der Waals surface area (Å²) in [7, 11) is 4.01. The molecule has 2 nitrogen and oxygen atoms in total. The third kappa shape index (κ3) is 2.16. The van der Waals surface area contributed by atoms with Crippen LogP contribution in [0.15, 0.2) is 18.2 Å². The van der Waals surface area contributed by atoms with Crippen molar-refractivity contribution in [1.29, 1.82) is 0 Å². The first-order valence-electron chi connectivity index (χ1n) is 4.06. The summed E-state index contributed by atoms with van der Waals surface area (Å²) >= 11 is 0. The van der Waals surface area contributed by atoms with Crippen molar-refractivity contribution in [2.45, 2.75) is 6.92 Å². The van der Waals surface area contributed by atoms with Crippen molar-refractivity contribution in [3.05, 3.63) is 24.3 Å². The van der Waals surface area contributed by atoms with Gasteiger partial charge in [0.05, 0.1) is 6.61 Å². The van der Waals surface area contributed by atoms with E-state index in [1.165, 1.54) is 0 Å². The van der Waals surface area contributed by atoms with Crippen LogP contribution in [-0.4, -0.2) is 20.7 Å². The Morgan fingerprint density at radius 2 is 2.25 bits per heavy atom. The molecule has 0 spiro atoms. The normalized spacial score (nSPS) is 9.58. The van der Waals surface area contributed by atoms with E-state index >= 15 is 0 Å². The number of nitrogens with zero attached hydrogens (tertiary/aromatic N) is 1. The standard InChI is InChI=1S/C10H14NO/c1-4-12-10-7-5-6-9(8-10)11(2)3/h5-6,8H,4H2,1-3H3. The van der Waals surface area contributed by atoms with E-state index in [9.17, 15) is 0 Å². The fourth-order valence-electron chi connectivity index (χ4n) is 0.950. The summed E-state index contributed by atoms with van der Waals surface area (Å²) in [5, 5.41) is 0. The second-order valence-corrected chi connectivity index (χ2v) is 2.74. The minimum Gasteiger partial charge on any atom is -0.493 e. The quantitative estimate of drug-likeness (QED) is 0.677. The predicted molar refractivity (Wildman–Crippen MR) is 50.8 cm³/mol. The van der Waals surface area contributed by atoms with Gasteiger partial charge in [-0.3, -0.25) is 0 Å². The Kier molecular flexibility index (Phi) is 2.97. The molecule has 0 amide bonds. The fourth-order valence-corrected chi connectivity index (χ4v) is 0.950. The fraction of sp³-hybridized carbons (Fsp3) is 0.400. The van der Waals surface area contributed by atoms with Crippen LogP contribution in [0.3, 0.4) is 0 Å². The molecule has 0 N–H and O–H groups in total. The van der Waals surface area contributed by atoms with E-state index in [0.717, 1.165) is 11.4 Å². The molecule has 0 aliphatic rings. The molecule has 12 heavy (non-hydrogen) atoms. The molecule has 0 aliphatic carbocycles. The maximum Gasteiger partial charge on any atom is 0.129 e. The summed E-state index contributed by atoms with van der Waals surface area (Å²) in [6.45, 7) is 2.66. The van der Waals surface area contributed by atoms with E-state index in [0.29, 0.717) is 6.61 Å². The number of hydrogen-bond donors (Lipinski definition) is 0. The Labute approximate surface area is 73.8 Å². The van der Waals surface area contributed by atoms with Crippen molar-refractivity contribution in [1.82, 2.24) is 0 Å². The van der Waals surface area contributed by atoms with E-state index in [2.05, 4.69) is 6.07 Å². The Morgan fingerprint density at radius 3 is 2.83 bits per heavy atom. The molecule has 1 radical (unpaired) electrons. The number of benzene rings is 1. The highest BCUT2D eigenvalue weighted by molar-refractivity contribution is 5.48. The van der Waals surface area contributed by atoms with Crippen molar-refractivity contribution in [3.8, 4) is 5.75 Å². The Morgan fingerprint density at radius 1 is 1.50 bits per heavy atom. The zero-order chi connectivity index (χ0) is 8.97. The topological polar surface area (TPSA) is 12.5 Å². The van der Waals surface area contributed by atoms with Crippen LogP contribution in [0.4, 0.5) is 5.69 Å². The maximum absolute atomic E-state index is 5.31. The maximum atomic E-state index is 5.31. The number of hydrogen-bond acceptors (Lipinski definition) is 2. The predicted octanol–water partition coefficient (Wildman–Crippen LogP) is 1.95. The summed E-state index contributed by atoms with van der Waals surface area (Å²) in [5.41, 5.74) is 1.14. The molecule has 0 aliphatic heterocycles. The second-order valence-electron chi connectivity index (χ2n) is 2.74. The molecule has 1 aromatic rings. The highest BCUT2D eigenvalue weighted by Gasteiger charge is 1.96. The number of ether oxygens (including phenoxy) is 1. The van der Waals surface area contributed by atoms with E-state index in [1.807, 2.05) is 44.1 Å². The van der Waals surface area contributed by atoms with Crippen LogP contribution in [0.5, 0.6) is 5.75 Å². The zero-order valence-corrected chi connectivity index (χ0v) is 7.79. The van der Waals surface area contributed by atoms with Crippen molar-refractivity contribution in [3.63, 3.8) is 0 Å². The molecule has 0 saturated carbocycles. The lowest BCUT2D eigenvalue weighted by atomic mass is 10.3. The van der Waals surface area contributed by atoms with Gasteiger partial charge in [0.25, 0.3) is 0 Å². The molecule has 0 atom stereocenters. The Bertz CT molecular complexity index is 245. The number of anilines is 1. The lowest BCUT2D eigenvalue weighted by Crippen LogP contribution is -2.08. The lowest BCUT2D eigenvalue weighted by molar-refractivity contribution is 0.339. The molecule has 0 fully saturated rings. The third-order valence-corrected chi connectivity index (χ3v) is 1.57. The van der Waals surface area contributed by atoms with Crippen LogP contribution in [0.1, 0.15) is 6.92 Å². The summed E-state index contributed by atoms with van der Waals surface area (Å²) in [4.78, 5) is 2.04. The Balaban J connectivity index is 2.81. The van der Waals surface area contributed by atoms with Gasteiger partial charge in [-0.2, -0.15) is 0 Å². The minimum absolute atomic E-state index is 0.688. The molecular formula is C10H14NO. The zero-order valence-electron chi connectivity index (χ0n) is 7.79. The Hall–Kier alpha value is -1.18. The van der Waals surface area contributed by atoms with Gasteiger partial charge in [-0.25, -0.2) is 0 Å². The minimum atomic E-state index is 0.688. The molecular weight excluding hydrogens is 150 g/mol. The van der Waals surface area contributed by atoms with Crippen molar-refractivity contribution >= 4 is 5.69 Å². The summed E-state index contributed by atoms with van der Waals surface area (Å²) in [6, 6.07) is 8.87. The van der Waals surface area contributed by atoms with E-state index in [4.69, 9.17) is 4.74 Å². The summed E-state index contributed by atoms with van der Waals surface area (Å²) < 4.78 is 5.31. The first-order valence-corrected chi connectivity index (χ1v) is 4.06. The largest absolute Gasteiger partial charge is 0.493 e. The molecule has 0 bridgehead atoms. The van der Waals surface area contributed by atoms with E-state index in [1.54, 1.807) is 0 Å². The van der Waals surface area contributed by atoms with Crippen LogP contribution in [0.2, 0.25) is 0 Å². The average Bonchev–Trinajstić information content (AvgIpc) is 2.05. The van der Waals surface area contributed by atoms with Crippen molar-refractivity contribution in [2.24, 2.45) is 0 Å². The molecule has 0 saturated heterocycles. The van der Waals surface area contributed by atoms with Crippen LogP contribution in [-0.2, 0) is 0 Å². The van der Waals surface area contributed by atoms with Gasteiger partial charge in [0.1, 0.15) is 5.75 Å². The smallest absolute Gasteiger partial charge is 0.129 e. The number of rotatable bonds is 3. The molecule has 65 valence electrons. The molecule has 0 unspecified atom stereocenters. The van der Waals surface area contributed by atoms with Crippen LogP contribution < -0.4 is 9.64 Å². The molecule has 0 aromatic heterocycles. The van der Waals surface area contributed by atoms with Crippen LogP contribution in [0.25, 0.3) is 0 Å². The summed E-state index contributed by atoms with van der Waals surface area (Å²) in [6.07, 6.45) is 0.